The van der Waals surface area contributed by atoms with Crippen LogP contribution in [0.5, 0.6) is 0 Å². The molecule has 0 rings (SSSR count). The summed E-state index contributed by atoms with van der Waals surface area (Å²) in [7, 11) is -3.23. The van der Waals surface area contributed by atoms with Gasteiger partial charge in [-0.05, 0) is 0 Å². The van der Waals surface area contributed by atoms with Gasteiger partial charge in [0.15, 0.2) is 0 Å². The monoisotopic (exact) mass is 258 g/mol. The zero-order valence-corrected chi connectivity index (χ0v) is 9.73. The lowest BCUT2D eigenvalue weighted by Crippen LogP contribution is -2.39. The van der Waals surface area contributed by atoms with Crippen LogP contribution in [0.2, 0.25) is 0 Å². The standard InChI is InChI=1S/C6H15BrN2O2S/c1-3-9(4-2)12(10,11)6(7)5-8/h6H,3-5,8H2,1-2H3. The molecule has 0 aromatic carbocycles. The van der Waals surface area contributed by atoms with Crippen LogP contribution >= 0.6 is 15.9 Å². The maximum Gasteiger partial charge on any atom is 0.228 e. The SMILES string of the molecule is CCN(CC)S(=O)(=O)C(Br)CN. The molecule has 1 unspecified atom stereocenters. The fourth-order valence-corrected chi connectivity index (χ4v) is 2.86. The Kier molecular flexibility index (Phi) is 5.31. The zero-order chi connectivity index (χ0) is 9.78. The Morgan fingerprint density at radius 2 is 1.83 bits per heavy atom. The summed E-state index contributed by atoms with van der Waals surface area (Å²) >= 11 is 3.03. The van der Waals surface area contributed by atoms with Gasteiger partial charge in [-0.3, -0.25) is 0 Å². The van der Waals surface area contributed by atoms with Crippen molar-refractivity contribution in [3.63, 3.8) is 0 Å². The van der Waals surface area contributed by atoms with Crippen molar-refractivity contribution in [1.29, 1.82) is 0 Å². The van der Waals surface area contributed by atoms with E-state index in [9.17, 15) is 8.42 Å². The van der Waals surface area contributed by atoms with Crippen molar-refractivity contribution in [2.45, 2.75) is 18.0 Å². The largest absolute Gasteiger partial charge is 0.328 e. The van der Waals surface area contributed by atoms with Gasteiger partial charge in [-0.25, -0.2) is 12.7 Å². The first-order chi connectivity index (χ1) is 5.50. The molecule has 1 atom stereocenters. The van der Waals surface area contributed by atoms with Crippen molar-refractivity contribution < 1.29 is 8.42 Å². The number of nitrogens with two attached hydrogens (primary N) is 1. The Morgan fingerprint density at radius 3 is 2.08 bits per heavy atom. The van der Waals surface area contributed by atoms with E-state index in [1.807, 2.05) is 0 Å². The number of halogens is 1. The van der Waals surface area contributed by atoms with E-state index < -0.39 is 14.2 Å². The van der Waals surface area contributed by atoms with Gasteiger partial charge in [-0.1, -0.05) is 29.8 Å². The molecule has 12 heavy (non-hydrogen) atoms. The highest BCUT2D eigenvalue weighted by Crippen LogP contribution is 2.12. The van der Waals surface area contributed by atoms with Gasteiger partial charge in [0.25, 0.3) is 0 Å². The van der Waals surface area contributed by atoms with Gasteiger partial charge in [0.2, 0.25) is 10.0 Å². The maximum atomic E-state index is 11.5. The lowest BCUT2D eigenvalue weighted by molar-refractivity contribution is 0.444. The van der Waals surface area contributed by atoms with Crippen LogP contribution in [-0.4, -0.2) is 36.5 Å². The molecular weight excluding hydrogens is 244 g/mol. The van der Waals surface area contributed by atoms with Crippen LogP contribution in [0.1, 0.15) is 13.8 Å². The fourth-order valence-electron chi connectivity index (χ4n) is 0.867. The number of nitrogens with zero attached hydrogens (tertiary/aromatic N) is 1. The first kappa shape index (κ1) is 12.3. The molecule has 0 saturated heterocycles. The van der Waals surface area contributed by atoms with Crippen LogP contribution in [0.25, 0.3) is 0 Å². The molecule has 0 saturated carbocycles. The van der Waals surface area contributed by atoms with Gasteiger partial charge in [0.1, 0.15) is 4.16 Å². The van der Waals surface area contributed by atoms with E-state index in [0.29, 0.717) is 13.1 Å². The van der Waals surface area contributed by atoms with Crippen molar-refractivity contribution in [3.8, 4) is 0 Å². The molecule has 0 aromatic heterocycles. The first-order valence-corrected chi connectivity index (χ1v) is 6.25. The molecule has 4 nitrogen and oxygen atoms in total. The topological polar surface area (TPSA) is 63.4 Å². The molecule has 0 aliphatic rings. The second kappa shape index (κ2) is 5.16. The fraction of sp³-hybridized carbons (Fsp3) is 1.00. The van der Waals surface area contributed by atoms with E-state index in [-0.39, 0.29) is 6.54 Å². The summed E-state index contributed by atoms with van der Waals surface area (Å²) in [4.78, 5) is 0. The lowest BCUT2D eigenvalue weighted by Gasteiger charge is -2.20. The maximum absolute atomic E-state index is 11.5. The van der Waals surface area contributed by atoms with Crippen LogP contribution < -0.4 is 5.73 Å². The molecule has 0 aromatic rings. The van der Waals surface area contributed by atoms with Gasteiger partial charge in [-0.15, -0.1) is 0 Å². The number of rotatable bonds is 5. The van der Waals surface area contributed by atoms with Crippen LogP contribution in [0.15, 0.2) is 0 Å². The molecule has 0 radical (unpaired) electrons. The molecule has 2 N–H and O–H groups in total. The van der Waals surface area contributed by atoms with Crippen molar-refractivity contribution >= 4 is 26.0 Å². The predicted octanol–water partition coefficient (Wildman–Crippen LogP) is 0.338. The minimum atomic E-state index is -3.23. The highest BCUT2D eigenvalue weighted by atomic mass is 79.9. The van der Waals surface area contributed by atoms with Gasteiger partial charge in [-0.2, -0.15) is 0 Å². The van der Waals surface area contributed by atoms with Gasteiger partial charge >= 0.3 is 0 Å². The van der Waals surface area contributed by atoms with E-state index in [2.05, 4.69) is 15.9 Å². The number of sulfonamides is 1. The summed E-state index contributed by atoms with van der Waals surface area (Å²) in [5.74, 6) is 0. The molecule has 0 bridgehead atoms. The van der Waals surface area contributed by atoms with E-state index >= 15 is 0 Å². The third kappa shape index (κ3) is 2.69. The minimum absolute atomic E-state index is 0.0961. The highest BCUT2D eigenvalue weighted by Gasteiger charge is 2.26. The van der Waals surface area contributed by atoms with Gasteiger partial charge in [0, 0.05) is 19.6 Å². The van der Waals surface area contributed by atoms with E-state index in [1.165, 1.54) is 4.31 Å². The Hall–Kier alpha value is 0.350. The molecule has 0 aliphatic carbocycles. The predicted molar refractivity (Wildman–Crippen MR) is 53.6 cm³/mol. The molecule has 6 heteroatoms. The average Bonchev–Trinajstić information content (AvgIpc) is 2.04. The third-order valence-electron chi connectivity index (χ3n) is 1.57. The summed E-state index contributed by atoms with van der Waals surface area (Å²) < 4.78 is 23.8. The molecule has 0 amide bonds. The summed E-state index contributed by atoms with van der Waals surface area (Å²) in [6.45, 7) is 4.68. The minimum Gasteiger partial charge on any atom is -0.328 e. The Labute approximate surface area is 82.3 Å². The van der Waals surface area contributed by atoms with Crippen molar-refractivity contribution in [2.75, 3.05) is 19.6 Å². The quantitative estimate of drug-likeness (QED) is 0.724. The second-order valence-electron chi connectivity index (χ2n) is 2.27. The smallest absolute Gasteiger partial charge is 0.228 e. The summed E-state index contributed by atoms with van der Waals surface area (Å²) in [6, 6.07) is 0. The van der Waals surface area contributed by atoms with Crippen LogP contribution in [0.4, 0.5) is 0 Å². The average molecular weight is 259 g/mol. The molecular formula is C6H15BrN2O2S. The Balaban J connectivity index is 4.58. The summed E-state index contributed by atoms with van der Waals surface area (Å²) in [5.41, 5.74) is 5.25. The van der Waals surface area contributed by atoms with Crippen molar-refractivity contribution in [2.24, 2.45) is 5.73 Å². The highest BCUT2D eigenvalue weighted by molar-refractivity contribution is 9.11. The molecule has 0 aliphatic heterocycles. The zero-order valence-electron chi connectivity index (χ0n) is 7.33. The van der Waals surface area contributed by atoms with Gasteiger partial charge < -0.3 is 5.73 Å². The summed E-state index contributed by atoms with van der Waals surface area (Å²) in [6.07, 6.45) is 0. The number of hydrogen-bond donors (Lipinski definition) is 1. The Bertz CT molecular complexity index is 214. The van der Waals surface area contributed by atoms with Crippen LogP contribution in [0, 0.1) is 0 Å². The first-order valence-electron chi connectivity index (χ1n) is 3.83. The summed E-state index contributed by atoms with van der Waals surface area (Å²) in [5, 5.41) is 0. The number of hydrogen-bond acceptors (Lipinski definition) is 3. The lowest BCUT2D eigenvalue weighted by atomic mass is 10.7. The van der Waals surface area contributed by atoms with Crippen molar-refractivity contribution in [1.82, 2.24) is 4.31 Å². The Morgan fingerprint density at radius 1 is 1.42 bits per heavy atom. The van der Waals surface area contributed by atoms with E-state index in [4.69, 9.17) is 5.73 Å². The van der Waals surface area contributed by atoms with E-state index in [1.54, 1.807) is 13.8 Å². The van der Waals surface area contributed by atoms with Gasteiger partial charge in [0.05, 0.1) is 0 Å². The van der Waals surface area contributed by atoms with E-state index in [0.717, 1.165) is 0 Å². The van der Waals surface area contributed by atoms with Crippen LogP contribution in [-0.2, 0) is 10.0 Å². The molecule has 0 spiro atoms. The molecule has 0 fully saturated rings. The second-order valence-corrected chi connectivity index (χ2v) is 6.10. The van der Waals surface area contributed by atoms with Crippen molar-refractivity contribution in [3.05, 3.63) is 0 Å². The molecule has 0 heterocycles. The third-order valence-corrected chi connectivity index (χ3v) is 5.44. The van der Waals surface area contributed by atoms with Crippen LogP contribution in [0.3, 0.4) is 0 Å². The number of alkyl halides is 1. The molecule has 74 valence electrons. The normalized spacial score (nSPS) is 15.1.